The zero-order chi connectivity index (χ0) is 17.4. The highest BCUT2D eigenvalue weighted by Crippen LogP contribution is 2.24. The molecule has 0 N–H and O–H groups in total. The summed E-state index contributed by atoms with van der Waals surface area (Å²) in [6.45, 7) is 0. The number of carbonyl (C=O) groups is 1. The normalized spacial score (nSPS) is 11.0. The van der Waals surface area contributed by atoms with Gasteiger partial charge >= 0.3 is 0 Å². The van der Waals surface area contributed by atoms with Gasteiger partial charge in [0.15, 0.2) is 0 Å². The Kier molecular flexibility index (Phi) is 3.61. The van der Waals surface area contributed by atoms with Crippen LogP contribution in [0.2, 0.25) is 0 Å². The van der Waals surface area contributed by atoms with E-state index in [1.165, 1.54) is 11.0 Å². The van der Waals surface area contributed by atoms with Crippen molar-refractivity contribution in [3.05, 3.63) is 78.1 Å². The highest BCUT2D eigenvalue weighted by Gasteiger charge is 2.19. The number of hydrogen-bond donors (Lipinski definition) is 0. The predicted octanol–water partition coefficient (Wildman–Crippen LogP) is 4.20. The summed E-state index contributed by atoms with van der Waals surface area (Å²) in [7, 11) is 1.55. The maximum absolute atomic E-state index is 14.0. The molecule has 122 valence electrons. The molecule has 4 nitrogen and oxygen atoms in total. The number of hydrogen-bond acceptors (Lipinski definition) is 3. The van der Waals surface area contributed by atoms with E-state index in [4.69, 9.17) is 0 Å². The molecule has 0 aliphatic carbocycles. The molecule has 0 aliphatic heterocycles. The molecule has 25 heavy (non-hydrogen) atoms. The zero-order valence-corrected chi connectivity index (χ0v) is 13.5. The van der Waals surface area contributed by atoms with Crippen molar-refractivity contribution < 1.29 is 9.18 Å². The summed E-state index contributed by atoms with van der Waals surface area (Å²) < 4.78 is 14.0. The lowest BCUT2D eigenvalue weighted by atomic mass is 10.1. The van der Waals surface area contributed by atoms with Gasteiger partial charge in [-0.3, -0.25) is 4.79 Å². The van der Waals surface area contributed by atoms with Crippen LogP contribution in [0.15, 0.2) is 66.7 Å². The van der Waals surface area contributed by atoms with Gasteiger partial charge in [0.1, 0.15) is 11.3 Å². The first-order chi connectivity index (χ1) is 12.1. The van der Waals surface area contributed by atoms with Crippen LogP contribution in [0.5, 0.6) is 0 Å². The van der Waals surface area contributed by atoms with Crippen LogP contribution in [0.4, 0.5) is 10.1 Å². The largest absolute Gasteiger partial charge is 0.309 e. The highest BCUT2D eigenvalue weighted by atomic mass is 19.1. The topological polar surface area (TPSA) is 46.1 Å². The summed E-state index contributed by atoms with van der Waals surface area (Å²) in [5.41, 5.74) is 3.23. The van der Waals surface area contributed by atoms with Crippen molar-refractivity contribution in [2.24, 2.45) is 0 Å². The fourth-order valence-corrected chi connectivity index (χ4v) is 2.83. The number of aromatic nitrogens is 2. The van der Waals surface area contributed by atoms with Gasteiger partial charge < -0.3 is 4.90 Å². The summed E-state index contributed by atoms with van der Waals surface area (Å²) in [4.78, 5) is 23.4. The van der Waals surface area contributed by atoms with E-state index >= 15 is 0 Å². The van der Waals surface area contributed by atoms with Crippen molar-refractivity contribution in [2.45, 2.75) is 0 Å². The summed E-state index contributed by atoms with van der Waals surface area (Å²) in [5.74, 6) is -0.782. The van der Waals surface area contributed by atoms with Gasteiger partial charge in [-0.25, -0.2) is 14.4 Å². The number of rotatable bonds is 2. The molecular weight excluding hydrogens is 317 g/mol. The molecule has 4 aromatic rings. The third kappa shape index (κ3) is 2.59. The Labute approximate surface area is 143 Å². The molecule has 3 aromatic carbocycles. The summed E-state index contributed by atoms with van der Waals surface area (Å²) in [6.07, 6.45) is 0. The van der Waals surface area contributed by atoms with Gasteiger partial charge in [0.2, 0.25) is 0 Å². The molecule has 0 fully saturated rings. The lowest BCUT2D eigenvalue weighted by Crippen LogP contribution is -2.27. The van der Waals surface area contributed by atoms with Gasteiger partial charge in [0, 0.05) is 7.05 Å². The first kappa shape index (κ1) is 15.2. The molecule has 0 saturated heterocycles. The molecule has 1 amide bonds. The summed E-state index contributed by atoms with van der Waals surface area (Å²) in [6, 6.07) is 18.9. The molecule has 5 heteroatoms. The second-order valence-corrected chi connectivity index (χ2v) is 5.70. The fraction of sp³-hybridized carbons (Fsp3) is 0.0500. The number of fused-ring (bicyclic) bond motifs is 2. The van der Waals surface area contributed by atoms with Crippen LogP contribution in [-0.4, -0.2) is 22.9 Å². The summed E-state index contributed by atoms with van der Waals surface area (Å²) >= 11 is 0. The Morgan fingerprint density at radius 3 is 2.24 bits per heavy atom. The second-order valence-electron chi connectivity index (χ2n) is 5.70. The molecule has 1 aromatic heterocycles. The molecule has 0 radical (unpaired) electrons. The number of anilines is 1. The van der Waals surface area contributed by atoms with Crippen LogP contribution < -0.4 is 4.90 Å². The van der Waals surface area contributed by atoms with Crippen LogP contribution in [0.3, 0.4) is 0 Å². The van der Waals surface area contributed by atoms with Crippen LogP contribution in [0.1, 0.15) is 10.4 Å². The standard InChI is InChI=1S/C20H14FN3O/c1-24(18-12-5-2-8-14(18)21)20(25)13-7-6-11-17-19(13)23-16-10-4-3-9-15(16)22-17/h2-12H,1H3. The van der Waals surface area contributed by atoms with E-state index in [-0.39, 0.29) is 11.6 Å². The van der Waals surface area contributed by atoms with Crippen LogP contribution in [-0.2, 0) is 0 Å². The molecule has 0 spiro atoms. The molecular formula is C20H14FN3O. The van der Waals surface area contributed by atoms with E-state index < -0.39 is 5.82 Å². The van der Waals surface area contributed by atoms with Crippen molar-refractivity contribution in [1.82, 2.24) is 9.97 Å². The average Bonchev–Trinajstić information content (AvgIpc) is 2.65. The fourth-order valence-electron chi connectivity index (χ4n) is 2.83. The minimum atomic E-state index is -0.449. The molecule has 4 rings (SSSR count). The minimum Gasteiger partial charge on any atom is -0.309 e. The molecule has 0 unspecified atom stereocenters. The zero-order valence-electron chi connectivity index (χ0n) is 13.5. The van der Waals surface area contributed by atoms with Gasteiger partial charge in [-0.2, -0.15) is 0 Å². The number of para-hydroxylation sites is 4. The van der Waals surface area contributed by atoms with Crippen molar-refractivity contribution >= 4 is 33.7 Å². The first-order valence-electron chi connectivity index (χ1n) is 7.83. The van der Waals surface area contributed by atoms with Gasteiger partial charge in [-0.15, -0.1) is 0 Å². The third-order valence-electron chi connectivity index (χ3n) is 4.12. The number of benzene rings is 3. The Morgan fingerprint density at radius 2 is 1.48 bits per heavy atom. The van der Waals surface area contributed by atoms with Crippen LogP contribution >= 0.6 is 0 Å². The molecule has 0 bridgehead atoms. The Balaban J connectivity index is 1.87. The van der Waals surface area contributed by atoms with E-state index in [0.29, 0.717) is 22.1 Å². The van der Waals surface area contributed by atoms with Crippen molar-refractivity contribution in [1.29, 1.82) is 0 Å². The maximum atomic E-state index is 14.0. The van der Waals surface area contributed by atoms with Crippen LogP contribution in [0.25, 0.3) is 22.1 Å². The monoisotopic (exact) mass is 331 g/mol. The Hall–Kier alpha value is -3.34. The highest BCUT2D eigenvalue weighted by molar-refractivity contribution is 6.13. The quantitative estimate of drug-likeness (QED) is 0.517. The van der Waals surface area contributed by atoms with Gasteiger partial charge in [0.05, 0.1) is 27.8 Å². The SMILES string of the molecule is CN(C(=O)c1cccc2nc3ccccc3nc12)c1ccccc1F. The number of nitrogens with zero attached hydrogens (tertiary/aromatic N) is 3. The van der Waals surface area contributed by atoms with Gasteiger partial charge in [0.25, 0.3) is 5.91 Å². The second kappa shape index (κ2) is 5.94. The van der Waals surface area contributed by atoms with E-state index in [1.807, 2.05) is 30.3 Å². The number of halogens is 1. The number of carbonyl (C=O) groups excluding carboxylic acids is 1. The molecule has 0 aliphatic rings. The van der Waals surface area contributed by atoms with E-state index in [1.54, 1.807) is 37.4 Å². The molecule has 1 heterocycles. The van der Waals surface area contributed by atoms with Gasteiger partial charge in [-0.1, -0.05) is 30.3 Å². The average molecular weight is 331 g/mol. The van der Waals surface area contributed by atoms with Gasteiger partial charge in [-0.05, 0) is 36.4 Å². The lowest BCUT2D eigenvalue weighted by molar-refractivity contribution is 0.0993. The first-order valence-corrected chi connectivity index (χ1v) is 7.83. The summed E-state index contributed by atoms with van der Waals surface area (Å²) in [5, 5.41) is 0. The van der Waals surface area contributed by atoms with Crippen molar-refractivity contribution in [3.63, 3.8) is 0 Å². The Morgan fingerprint density at radius 1 is 0.840 bits per heavy atom. The van der Waals surface area contributed by atoms with E-state index in [2.05, 4.69) is 9.97 Å². The maximum Gasteiger partial charge on any atom is 0.260 e. The van der Waals surface area contributed by atoms with Crippen LogP contribution in [0, 0.1) is 5.82 Å². The third-order valence-corrected chi connectivity index (χ3v) is 4.12. The predicted molar refractivity (Wildman–Crippen MR) is 96.2 cm³/mol. The smallest absolute Gasteiger partial charge is 0.260 e. The van der Waals surface area contributed by atoms with E-state index in [9.17, 15) is 9.18 Å². The van der Waals surface area contributed by atoms with Crippen molar-refractivity contribution in [3.8, 4) is 0 Å². The number of amides is 1. The minimum absolute atomic E-state index is 0.221. The molecule has 0 atom stereocenters. The Bertz CT molecular complexity index is 1110. The lowest BCUT2D eigenvalue weighted by Gasteiger charge is -2.18. The molecule has 0 saturated carbocycles. The van der Waals surface area contributed by atoms with Crippen molar-refractivity contribution in [2.75, 3.05) is 11.9 Å². The van der Waals surface area contributed by atoms with E-state index in [0.717, 1.165) is 5.52 Å².